The maximum absolute atomic E-state index is 10.8. The first kappa shape index (κ1) is 18.7. The van der Waals surface area contributed by atoms with Crippen LogP contribution in [0.25, 0.3) is 6.08 Å². The molecule has 0 fully saturated rings. The van der Waals surface area contributed by atoms with Crippen molar-refractivity contribution in [1.29, 1.82) is 0 Å². The first-order chi connectivity index (χ1) is 9.39. The van der Waals surface area contributed by atoms with Crippen LogP contribution in [0.3, 0.4) is 0 Å². The second-order valence-corrected chi connectivity index (χ2v) is 4.43. The van der Waals surface area contributed by atoms with Crippen molar-refractivity contribution in [1.82, 2.24) is 9.97 Å². The quantitative estimate of drug-likeness (QED) is 0.795. The number of halogens is 1. The second kappa shape index (κ2) is 8.06. The molecule has 0 aromatic carbocycles. The molecule has 1 atom stereocenters. The van der Waals surface area contributed by atoms with Crippen LogP contribution in [-0.4, -0.2) is 32.1 Å². The molecule has 0 saturated carbocycles. The lowest BCUT2D eigenvalue weighted by molar-refractivity contribution is -0.145. The van der Waals surface area contributed by atoms with Gasteiger partial charge in [-0.05, 0) is 19.4 Å². The molecule has 1 unspecified atom stereocenters. The van der Waals surface area contributed by atoms with Gasteiger partial charge < -0.3 is 15.2 Å². The third-order valence-electron chi connectivity index (χ3n) is 2.80. The van der Waals surface area contributed by atoms with Crippen LogP contribution in [0.2, 0.25) is 0 Å². The van der Waals surface area contributed by atoms with Crippen molar-refractivity contribution in [3.05, 3.63) is 48.6 Å². The predicted octanol–water partition coefficient (Wildman–Crippen LogP) is 2.52. The molecule has 21 heavy (non-hydrogen) atoms. The summed E-state index contributed by atoms with van der Waals surface area (Å²) in [6.07, 6.45) is 9.55. The maximum atomic E-state index is 10.8. The van der Waals surface area contributed by atoms with Crippen molar-refractivity contribution >= 4 is 30.4 Å². The van der Waals surface area contributed by atoms with Crippen LogP contribution < -0.4 is 0 Å². The highest BCUT2D eigenvalue weighted by Crippen LogP contribution is 2.31. The van der Waals surface area contributed by atoms with Crippen LogP contribution in [0.15, 0.2) is 42.8 Å². The second-order valence-electron chi connectivity index (χ2n) is 4.43. The highest BCUT2D eigenvalue weighted by molar-refractivity contribution is 5.90. The molecule has 7 heteroatoms. The number of aliphatic carboxylic acids is 2. The van der Waals surface area contributed by atoms with Crippen LogP contribution in [0.5, 0.6) is 0 Å². The highest BCUT2D eigenvalue weighted by Gasteiger charge is 2.34. The molecule has 1 aliphatic carbocycles. The molecule has 0 amide bonds. The molecule has 0 radical (unpaired) electrons. The Morgan fingerprint density at radius 2 is 2.14 bits per heavy atom. The van der Waals surface area contributed by atoms with Gasteiger partial charge in [0, 0.05) is 18.0 Å². The average Bonchev–Trinajstić information content (AvgIpc) is 2.92. The summed E-state index contributed by atoms with van der Waals surface area (Å²) in [4.78, 5) is 28.1. The minimum absolute atomic E-state index is 0. The molecule has 1 heterocycles. The first-order valence-electron chi connectivity index (χ1n) is 5.86. The molecule has 1 aromatic rings. The fourth-order valence-electron chi connectivity index (χ4n) is 1.57. The average molecular weight is 313 g/mol. The van der Waals surface area contributed by atoms with Crippen LogP contribution in [0.4, 0.5) is 0 Å². The number of nitrogens with one attached hydrogen (secondary N) is 1. The Bertz CT molecular complexity index is 564. The summed E-state index contributed by atoms with van der Waals surface area (Å²) in [7, 11) is 0. The van der Waals surface area contributed by atoms with E-state index in [2.05, 4.69) is 16.5 Å². The van der Waals surface area contributed by atoms with Gasteiger partial charge in [0.2, 0.25) is 0 Å². The van der Waals surface area contributed by atoms with E-state index in [-0.39, 0.29) is 24.4 Å². The van der Waals surface area contributed by atoms with Crippen molar-refractivity contribution in [2.75, 3.05) is 0 Å². The summed E-state index contributed by atoms with van der Waals surface area (Å²) in [6, 6.07) is 0. The van der Waals surface area contributed by atoms with Crippen molar-refractivity contribution in [3.63, 3.8) is 0 Å². The number of imidazole rings is 1. The number of allylic oxidation sites excluding steroid dienone is 2. The van der Waals surface area contributed by atoms with E-state index >= 15 is 0 Å². The van der Waals surface area contributed by atoms with Crippen LogP contribution in [0.1, 0.15) is 19.2 Å². The Hall–Kier alpha value is -2.34. The molecular formula is C14H17ClN2O4. The zero-order valence-corrected chi connectivity index (χ0v) is 12.3. The van der Waals surface area contributed by atoms with Gasteiger partial charge >= 0.3 is 11.9 Å². The van der Waals surface area contributed by atoms with E-state index in [1.165, 1.54) is 25.2 Å². The van der Waals surface area contributed by atoms with E-state index in [0.29, 0.717) is 0 Å². The van der Waals surface area contributed by atoms with Gasteiger partial charge in [-0.25, -0.2) is 9.78 Å². The summed E-state index contributed by atoms with van der Waals surface area (Å²) < 4.78 is 0. The lowest BCUT2D eigenvalue weighted by atomic mass is 9.80. The number of hydrogen-bond acceptors (Lipinski definition) is 3. The number of carboxylic acid groups (broad SMARTS) is 2. The normalized spacial score (nSPS) is 19.4. The van der Waals surface area contributed by atoms with Crippen molar-refractivity contribution in [2.45, 2.75) is 13.3 Å². The summed E-state index contributed by atoms with van der Waals surface area (Å²) in [5, 5.41) is 17.5. The van der Waals surface area contributed by atoms with E-state index in [1.54, 1.807) is 18.5 Å². The van der Waals surface area contributed by atoms with Crippen molar-refractivity contribution < 1.29 is 19.8 Å². The molecule has 3 N–H and O–H groups in total. The Morgan fingerprint density at radius 1 is 1.48 bits per heavy atom. The summed E-state index contributed by atoms with van der Waals surface area (Å²) in [5.41, 5.74) is -0.949. The molecule has 0 aliphatic heterocycles. The molecular weight excluding hydrogens is 296 g/mol. The molecule has 0 saturated heterocycles. The molecule has 6 nitrogen and oxygen atoms in total. The summed E-state index contributed by atoms with van der Waals surface area (Å²) in [6.45, 7) is 5.01. The van der Waals surface area contributed by atoms with Gasteiger partial charge in [0.05, 0.1) is 5.41 Å². The Balaban J connectivity index is 0.000000425. The van der Waals surface area contributed by atoms with E-state index < -0.39 is 17.4 Å². The zero-order valence-electron chi connectivity index (χ0n) is 11.4. The van der Waals surface area contributed by atoms with Gasteiger partial charge in [-0.1, -0.05) is 24.8 Å². The third kappa shape index (κ3) is 5.27. The number of H-pyrrole nitrogens is 1. The first-order valence-corrected chi connectivity index (χ1v) is 5.86. The molecule has 114 valence electrons. The van der Waals surface area contributed by atoms with E-state index in [4.69, 9.17) is 10.2 Å². The van der Waals surface area contributed by atoms with Gasteiger partial charge in [-0.2, -0.15) is 0 Å². The monoisotopic (exact) mass is 312 g/mol. The molecule has 2 rings (SSSR count). The Kier molecular flexibility index (Phi) is 7.16. The molecule has 0 spiro atoms. The molecule has 1 aromatic heterocycles. The van der Waals surface area contributed by atoms with E-state index in [0.717, 1.165) is 5.82 Å². The number of nitrogens with zero attached hydrogens (tertiary/aromatic N) is 1. The summed E-state index contributed by atoms with van der Waals surface area (Å²) in [5.74, 6) is -1.24. The standard InChI is InChI=1S/C9H10O4.C5H6N2.ClH/c1-9(8(12)13)4-2-3-6(5-9)7(10)11;1-2-5-6-3-4-7-5;/h2-4H,5H2,1H3,(H,10,11)(H,12,13);2-4H,1H2,(H,6,7);1H. The smallest absolute Gasteiger partial charge is 0.331 e. The third-order valence-corrected chi connectivity index (χ3v) is 2.80. The minimum Gasteiger partial charge on any atom is -0.481 e. The number of carboxylic acids is 2. The van der Waals surface area contributed by atoms with E-state index in [1.807, 2.05) is 0 Å². The Labute approximate surface area is 128 Å². The maximum Gasteiger partial charge on any atom is 0.331 e. The number of carbonyl (C=O) groups is 2. The Morgan fingerprint density at radius 3 is 2.52 bits per heavy atom. The minimum atomic E-state index is -1.08. The van der Waals surface area contributed by atoms with Crippen LogP contribution in [-0.2, 0) is 9.59 Å². The van der Waals surface area contributed by atoms with Gasteiger partial charge in [-0.3, -0.25) is 4.79 Å². The van der Waals surface area contributed by atoms with Gasteiger partial charge in [0.15, 0.2) is 0 Å². The SMILES string of the molecule is C=Cc1ncc[nH]1.CC1(C(=O)O)C=CC=C(C(=O)O)C1.Cl. The van der Waals surface area contributed by atoms with Crippen LogP contribution >= 0.6 is 12.4 Å². The number of hydrogen-bond donors (Lipinski definition) is 3. The number of aromatic nitrogens is 2. The lowest BCUT2D eigenvalue weighted by Crippen LogP contribution is -2.28. The van der Waals surface area contributed by atoms with Gasteiger partial charge in [0.25, 0.3) is 0 Å². The highest BCUT2D eigenvalue weighted by atomic mass is 35.5. The predicted molar refractivity (Wildman–Crippen MR) is 81.1 cm³/mol. The molecule has 0 bridgehead atoms. The number of rotatable bonds is 3. The number of aromatic amines is 1. The summed E-state index contributed by atoms with van der Waals surface area (Å²) >= 11 is 0. The topological polar surface area (TPSA) is 103 Å². The fourth-order valence-corrected chi connectivity index (χ4v) is 1.57. The largest absolute Gasteiger partial charge is 0.481 e. The van der Waals surface area contributed by atoms with E-state index in [9.17, 15) is 9.59 Å². The lowest BCUT2D eigenvalue weighted by Gasteiger charge is -2.23. The van der Waals surface area contributed by atoms with Crippen LogP contribution in [0, 0.1) is 5.41 Å². The van der Waals surface area contributed by atoms with Gasteiger partial charge in [-0.15, -0.1) is 12.4 Å². The fraction of sp³-hybridized carbons (Fsp3) is 0.214. The van der Waals surface area contributed by atoms with Crippen molar-refractivity contribution in [3.8, 4) is 0 Å². The zero-order chi connectivity index (χ0) is 15.2. The molecule has 1 aliphatic rings. The van der Waals surface area contributed by atoms with Crippen molar-refractivity contribution in [2.24, 2.45) is 5.41 Å². The van der Waals surface area contributed by atoms with Gasteiger partial charge in [0.1, 0.15) is 5.82 Å².